The Morgan fingerprint density at radius 3 is 2.64 bits per heavy atom. The predicted molar refractivity (Wildman–Crippen MR) is 89.5 cm³/mol. The number of pyridine rings is 1. The number of benzene rings is 1. The summed E-state index contributed by atoms with van der Waals surface area (Å²) in [5.41, 5.74) is 6.22. The molecule has 1 aliphatic rings. The molecule has 0 spiro atoms. The summed E-state index contributed by atoms with van der Waals surface area (Å²) < 4.78 is 13.3. The SMILES string of the molecule is CC(C)c1nc2c(c(-c3ccc(F)cc3)c1CO)CSCC2. The number of nitrogens with zero attached hydrogens (tertiary/aromatic N) is 1. The molecule has 2 heterocycles. The van der Waals surface area contributed by atoms with Gasteiger partial charge in [0.05, 0.1) is 6.61 Å². The molecule has 22 heavy (non-hydrogen) atoms. The van der Waals surface area contributed by atoms with E-state index in [1.54, 1.807) is 12.1 Å². The molecule has 116 valence electrons. The van der Waals surface area contributed by atoms with Crippen molar-refractivity contribution in [2.45, 2.75) is 38.5 Å². The van der Waals surface area contributed by atoms with Crippen LogP contribution in [-0.2, 0) is 18.8 Å². The molecule has 0 radical (unpaired) electrons. The minimum absolute atomic E-state index is 0.0365. The number of aliphatic hydroxyl groups excluding tert-OH is 1. The first-order valence-corrected chi connectivity index (χ1v) is 8.76. The average Bonchev–Trinajstić information content (AvgIpc) is 2.53. The summed E-state index contributed by atoms with van der Waals surface area (Å²) in [6.45, 7) is 4.16. The van der Waals surface area contributed by atoms with Gasteiger partial charge >= 0.3 is 0 Å². The number of rotatable bonds is 3. The van der Waals surface area contributed by atoms with Crippen molar-refractivity contribution in [1.82, 2.24) is 4.98 Å². The van der Waals surface area contributed by atoms with E-state index in [9.17, 15) is 9.50 Å². The Morgan fingerprint density at radius 1 is 1.27 bits per heavy atom. The van der Waals surface area contributed by atoms with Gasteiger partial charge in [-0.1, -0.05) is 26.0 Å². The molecule has 0 atom stereocenters. The van der Waals surface area contributed by atoms with Crippen molar-refractivity contribution >= 4 is 11.8 Å². The molecule has 0 bridgehead atoms. The molecule has 2 aromatic rings. The Kier molecular flexibility index (Phi) is 4.50. The molecule has 0 saturated heterocycles. The molecular formula is C18H20FNOS. The van der Waals surface area contributed by atoms with Gasteiger partial charge in [-0.2, -0.15) is 11.8 Å². The van der Waals surface area contributed by atoms with Crippen LogP contribution in [0.15, 0.2) is 24.3 Å². The van der Waals surface area contributed by atoms with Gasteiger partial charge in [-0.05, 0) is 46.9 Å². The van der Waals surface area contributed by atoms with E-state index >= 15 is 0 Å². The summed E-state index contributed by atoms with van der Waals surface area (Å²) in [7, 11) is 0. The second kappa shape index (κ2) is 6.39. The summed E-state index contributed by atoms with van der Waals surface area (Å²) in [4.78, 5) is 4.84. The normalized spacial score (nSPS) is 14.2. The first-order valence-electron chi connectivity index (χ1n) is 7.61. The second-order valence-corrected chi connectivity index (χ2v) is 7.00. The molecule has 1 aromatic heterocycles. The van der Waals surface area contributed by atoms with E-state index in [-0.39, 0.29) is 18.3 Å². The van der Waals surface area contributed by atoms with Crippen LogP contribution in [0.2, 0.25) is 0 Å². The van der Waals surface area contributed by atoms with E-state index < -0.39 is 0 Å². The van der Waals surface area contributed by atoms with Gasteiger partial charge in [0, 0.05) is 22.7 Å². The van der Waals surface area contributed by atoms with E-state index in [0.29, 0.717) is 0 Å². The van der Waals surface area contributed by atoms with Crippen LogP contribution in [-0.4, -0.2) is 15.8 Å². The molecule has 0 aliphatic carbocycles. The van der Waals surface area contributed by atoms with Crippen LogP contribution in [0.4, 0.5) is 4.39 Å². The molecule has 4 heteroatoms. The molecule has 1 aromatic carbocycles. The molecule has 2 nitrogen and oxygen atoms in total. The van der Waals surface area contributed by atoms with Crippen LogP contribution in [0.3, 0.4) is 0 Å². The van der Waals surface area contributed by atoms with Crippen molar-refractivity contribution in [3.63, 3.8) is 0 Å². The van der Waals surface area contributed by atoms with Crippen molar-refractivity contribution in [3.05, 3.63) is 52.6 Å². The fourth-order valence-electron chi connectivity index (χ4n) is 3.04. The van der Waals surface area contributed by atoms with E-state index in [0.717, 1.165) is 46.0 Å². The van der Waals surface area contributed by atoms with Crippen molar-refractivity contribution in [3.8, 4) is 11.1 Å². The monoisotopic (exact) mass is 317 g/mol. The number of hydrogen-bond donors (Lipinski definition) is 1. The Hall–Kier alpha value is -1.39. The summed E-state index contributed by atoms with van der Waals surface area (Å²) in [6, 6.07) is 6.56. The van der Waals surface area contributed by atoms with E-state index in [4.69, 9.17) is 4.98 Å². The second-order valence-electron chi connectivity index (χ2n) is 5.90. The van der Waals surface area contributed by atoms with Crippen LogP contribution < -0.4 is 0 Å². The smallest absolute Gasteiger partial charge is 0.123 e. The standard InChI is InChI=1S/C18H20FNOS/c1-11(2)18-14(9-21)17(12-3-5-13(19)6-4-12)15-10-22-8-7-16(15)20-18/h3-6,11,21H,7-10H2,1-2H3. The van der Waals surface area contributed by atoms with Crippen LogP contribution in [0.25, 0.3) is 11.1 Å². The van der Waals surface area contributed by atoms with Gasteiger partial charge in [-0.15, -0.1) is 0 Å². The lowest BCUT2D eigenvalue weighted by Crippen LogP contribution is -2.14. The summed E-state index contributed by atoms with van der Waals surface area (Å²) in [5.74, 6) is 2.00. The summed E-state index contributed by atoms with van der Waals surface area (Å²) in [5, 5.41) is 9.94. The maximum Gasteiger partial charge on any atom is 0.123 e. The third-order valence-corrected chi connectivity index (χ3v) is 5.07. The highest BCUT2D eigenvalue weighted by Crippen LogP contribution is 2.38. The van der Waals surface area contributed by atoms with E-state index in [1.807, 2.05) is 11.8 Å². The maximum absolute atomic E-state index is 13.3. The van der Waals surface area contributed by atoms with Gasteiger partial charge in [-0.3, -0.25) is 4.98 Å². The minimum Gasteiger partial charge on any atom is -0.392 e. The Balaban J connectivity index is 2.29. The molecule has 0 amide bonds. The third kappa shape index (κ3) is 2.77. The number of fused-ring (bicyclic) bond motifs is 1. The number of aromatic nitrogens is 1. The fraction of sp³-hybridized carbons (Fsp3) is 0.389. The number of hydrogen-bond acceptors (Lipinski definition) is 3. The molecular weight excluding hydrogens is 297 g/mol. The third-order valence-electron chi connectivity index (χ3n) is 4.08. The van der Waals surface area contributed by atoms with Gasteiger partial charge in [0.25, 0.3) is 0 Å². The zero-order valence-corrected chi connectivity index (χ0v) is 13.7. The Bertz CT molecular complexity index is 682. The van der Waals surface area contributed by atoms with E-state index in [1.165, 1.54) is 17.7 Å². The van der Waals surface area contributed by atoms with Crippen LogP contribution >= 0.6 is 11.8 Å². The minimum atomic E-state index is -0.240. The average molecular weight is 317 g/mol. The molecule has 1 N–H and O–H groups in total. The topological polar surface area (TPSA) is 33.1 Å². The Morgan fingerprint density at radius 2 is 2.00 bits per heavy atom. The molecule has 1 aliphatic heterocycles. The maximum atomic E-state index is 13.3. The lowest BCUT2D eigenvalue weighted by atomic mass is 9.89. The summed E-state index contributed by atoms with van der Waals surface area (Å²) >= 11 is 1.89. The van der Waals surface area contributed by atoms with Gasteiger partial charge in [0.2, 0.25) is 0 Å². The van der Waals surface area contributed by atoms with Crippen LogP contribution in [0.1, 0.15) is 42.3 Å². The molecule has 0 fully saturated rings. The Labute approximate surface area is 134 Å². The summed E-state index contributed by atoms with van der Waals surface area (Å²) in [6.07, 6.45) is 0.958. The highest BCUT2D eigenvalue weighted by molar-refractivity contribution is 7.98. The van der Waals surface area contributed by atoms with Gasteiger partial charge in [0.1, 0.15) is 5.82 Å². The van der Waals surface area contributed by atoms with Gasteiger partial charge < -0.3 is 5.11 Å². The zero-order valence-electron chi connectivity index (χ0n) is 12.9. The van der Waals surface area contributed by atoms with Gasteiger partial charge in [-0.25, -0.2) is 4.39 Å². The molecule has 3 rings (SSSR count). The zero-order chi connectivity index (χ0) is 15.7. The first-order chi connectivity index (χ1) is 10.6. The molecule has 0 saturated carbocycles. The van der Waals surface area contributed by atoms with E-state index in [2.05, 4.69) is 13.8 Å². The number of thioether (sulfide) groups is 1. The predicted octanol–water partition coefficient (Wildman–Crippen LogP) is 4.29. The van der Waals surface area contributed by atoms with Crippen molar-refractivity contribution < 1.29 is 9.50 Å². The quantitative estimate of drug-likeness (QED) is 0.916. The van der Waals surface area contributed by atoms with Crippen molar-refractivity contribution in [2.75, 3.05) is 5.75 Å². The fourth-order valence-corrected chi connectivity index (χ4v) is 4.04. The number of aliphatic hydroxyl groups is 1. The lowest BCUT2D eigenvalue weighted by molar-refractivity contribution is 0.280. The van der Waals surface area contributed by atoms with Crippen LogP contribution in [0.5, 0.6) is 0 Å². The van der Waals surface area contributed by atoms with Gasteiger partial charge in [0.15, 0.2) is 0 Å². The number of halogens is 1. The lowest BCUT2D eigenvalue weighted by Gasteiger charge is -2.25. The van der Waals surface area contributed by atoms with Crippen LogP contribution in [0, 0.1) is 5.82 Å². The highest BCUT2D eigenvalue weighted by atomic mass is 32.2. The first kappa shape index (κ1) is 15.5. The molecule has 0 unspecified atom stereocenters. The number of aryl methyl sites for hydroxylation is 1. The largest absolute Gasteiger partial charge is 0.392 e. The van der Waals surface area contributed by atoms with Crippen molar-refractivity contribution in [2.24, 2.45) is 0 Å². The highest BCUT2D eigenvalue weighted by Gasteiger charge is 2.23. The van der Waals surface area contributed by atoms with Crippen molar-refractivity contribution in [1.29, 1.82) is 0 Å².